The molecule has 0 radical (unpaired) electrons. The molecule has 0 unspecified atom stereocenters. The fourth-order valence-corrected chi connectivity index (χ4v) is 5.39. The van der Waals surface area contributed by atoms with Crippen LogP contribution in [0, 0.1) is 0 Å². The number of carbonyl (C=O) groups excluding carboxylic acids is 1. The molecule has 0 N–H and O–H groups in total. The van der Waals surface area contributed by atoms with Gasteiger partial charge in [0, 0.05) is 11.9 Å². The molecule has 0 saturated carbocycles. The van der Waals surface area contributed by atoms with Gasteiger partial charge in [-0.15, -0.1) is 11.0 Å². The van der Waals surface area contributed by atoms with E-state index in [0.717, 1.165) is 34.6 Å². The first-order valence-electron chi connectivity index (χ1n) is 10.0. The molecule has 1 aliphatic heterocycles. The summed E-state index contributed by atoms with van der Waals surface area (Å²) in [6, 6.07) is 18.0. The van der Waals surface area contributed by atoms with Crippen LogP contribution in [0.15, 0.2) is 87.5 Å². The summed E-state index contributed by atoms with van der Waals surface area (Å²) in [4.78, 5) is 19.3. The van der Waals surface area contributed by atoms with Crippen LogP contribution in [0.3, 0.4) is 0 Å². The maximum absolute atomic E-state index is 13.0. The minimum Gasteiger partial charge on any atom is -0.282 e. The van der Waals surface area contributed by atoms with Gasteiger partial charge in [-0.1, -0.05) is 49.4 Å². The van der Waals surface area contributed by atoms with E-state index >= 15 is 0 Å². The third-order valence-electron chi connectivity index (χ3n) is 4.93. The van der Waals surface area contributed by atoms with Crippen LogP contribution in [0.2, 0.25) is 0 Å². The number of hydrogen-bond acceptors (Lipinski definition) is 5. The smallest absolute Gasteiger partial charge is 0.282 e. The Morgan fingerprint density at radius 1 is 1.09 bits per heavy atom. The molecule has 2 heterocycles. The van der Waals surface area contributed by atoms with Crippen LogP contribution < -0.4 is 0 Å². The summed E-state index contributed by atoms with van der Waals surface area (Å²) < 4.78 is 29.7. The van der Waals surface area contributed by atoms with Gasteiger partial charge >= 0.3 is 0 Å². The predicted molar refractivity (Wildman–Crippen MR) is 130 cm³/mol. The summed E-state index contributed by atoms with van der Waals surface area (Å²) in [6.45, 7) is 5.82. The normalized spacial score (nSPS) is 16.9. The fraction of sp³-hybridized carbons (Fsp3) is 0.125. The molecule has 1 aromatic heterocycles. The van der Waals surface area contributed by atoms with Gasteiger partial charge in [0.1, 0.15) is 0 Å². The number of sulfonamides is 1. The number of aromatic nitrogens is 1. The van der Waals surface area contributed by atoms with Gasteiger partial charge in [0.25, 0.3) is 15.9 Å². The molecule has 162 valence electrons. The molecular formula is C24H21N3O3S2. The van der Waals surface area contributed by atoms with Crippen LogP contribution in [-0.4, -0.2) is 35.9 Å². The lowest BCUT2D eigenvalue weighted by Gasteiger charge is -2.12. The van der Waals surface area contributed by atoms with Crippen LogP contribution in [0.5, 0.6) is 0 Å². The van der Waals surface area contributed by atoms with E-state index in [9.17, 15) is 13.2 Å². The number of carbonyl (C=O) groups is 1. The molecule has 0 bridgehead atoms. The number of amides is 1. The molecule has 0 spiro atoms. The monoisotopic (exact) mass is 463 g/mol. The van der Waals surface area contributed by atoms with Crippen molar-refractivity contribution in [2.75, 3.05) is 6.54 Å². The van der Waals surface area contributed by atoms with E-state index in [4.69, 9.17) is 0 Å². The highest BCUT2D eigenvalue weighted by Crippen LogP contribution is 2.33. The van der Waals surface area contributed by atoms with Crippen molar-refractivity contribution in [1.29, 1.82) is 0 Å². The van der Waals surface area contributed by atoms with Gasteiger partial charge in [-0.3, -0.25) is 9.69 Å². The second kappa shape index (κ2) is 9.10. The Balaban J connectivity index is 1.69. The number of amidine groups is 1. The van der Waals surface area contributed by atoms with Crippen molar-refractivity contribution in [3.63, 3.8) is 0 Å². The van der Waals surface area contributed by atoms with Crippen molar-refractivity contribution in [3.05, 3.63) is 89.5 Å². The SMILES string of the molecule is C=CCN1C(=O)/C(=C/c2ccc3ccccc3n2)S/C1=N/S(=O)(=O)c1ccc(CC)cc1. The minimum absolute atomic E-state index is 0.0856. The number of thioether (sulfide) groups is 1. The maximum Gasteiger partial charge on any atom is 0.284 e. The zero-order chi connectivity index (χ0) is 22.7. The quantitative estimate of drug-likeness (QED) is 0.393. The van der Waals surface area contributed by atoms with E-state index in [1.165, 1.54) is 23.1 Å². The van der Waals surface area contributed by atoms with Crippen molar-refractivity contribution < 1.29 is 13.2 Å². The number of rotatable bonds is 6. The van der Waals surface area contributed by atoms with Gasteiger partial charge in [-0.05, 0) is 54.1 Å². The molecule has 3 aromatic rings. The largest absolute Gasteiger partial charge is 0.284 e. The summed E-state index contributed by atoms with van der Waals surface area (Å²) in [5.41, 5.74) is 2.45. The van der Waals surface area contributed by atoms with Crippen LogP contribution in [-0.2, 0) is 21.2 Å². The van der Waals surface area contributed by atoms with Crippen molar-refractivity contribution in [1.82, 2.24) is 9.88 Å². The first kappa shape index (κ1) is 22.0. The Kier molecular flexibility index (Phi) is 6.25. The molecule has 1 aliphatic rings. The van der Waals surface area contributed by atoms with E-state index < -0.39 is 10.0 Å². The number of nitrogens with zero attached hydrogens (tertiary/aromatic N) is 3. The standard InChI is InChI=1S/C24H21N3O3S2/c1-3-15-27-23(28)22(16-19-12-11-18-7-5-6-8-21(18)25-19)31-24(27)26-32(29,30)20-13-9-17(4-2)10-14-20/h3,5-14,16H,1,4,15H2,2H3/b22-16-,26-24+. The van der Waals surface area contributed by atoms with Crippen LogP contribution in [0.4, 0.5) is 0 Å². The Hall–Kier alpha value is -3.23. The fourth-order valence-electron chi connectivity index (χ4n) is 3.22. The van der Waals surface area contributed by atoms with E-state index in [2.05, 4.69) is 16.0 Å². The molecule has 1 saturated heterocycles. The van der Waals surface area contributed by atoms with Crippen molar-refractivity contribution in [2.45, 2.75) is 18.2 Å². The minimum atomic E-state index is -3.97. The second-order valence-corrected chi connectivity index (χ2v) is 9.70. The summed E-state index contributed by atoms with van der Waals surface area (Å²) in [5.74, 6) is -0.333. The molecule has 8 heteroatoms. The maximum atomic E-state index is 13.0. The molecule has 6 nitrogen and oxygen atoms in total. The van der Waals surface area contributed by atoms with Gasteiger partial charge in [0.05, 0.1) is 21.0 Å². The van der Waals surface area contributed by atoms with Crippen molar-refractivity contribution in [2.24, 2.45) is 4.40 Å². The summed E-state index contributed by atoms with van der Waals surface area (Å²) in [6.07, 6.45) is 4.00. The van der Waals surface area contributed by atoms with E-state index in [1.54, 1.807) is 18.2 Å². The zero-order valence-corrected chi connectivity index (χ0v) is 19.1. The van der Waals surface area contributed by atoms with Crippen LogP contribution >= 0.6 is 11.8 Å². The summed E-state index contributed by atoms with van der Waals surface area (Å²) >= 11 is 1.02. The van der Waals surface area contributed by atoms with E-state index in [0.29, 0.717) is 10.6 Å². The number of para-hydroxylation sites is 1. The lowest BCUT2D eigenvalue weighted by molar-refractivity contribution is -0.121. The van der Waals surface area contributed by atoms with Gasteiger partial charge in [-0.2, -0.15) is 8.42 Å². The summed E-state index contributed by atoms with van der Waals surface area (Å²) in [5, 5.41) is 1.09. The van der Waals surface area contributed by atoms with Gasteiger partial charge < -0.3 is 0 Å². The van der Waals surface area contributed by atoms with Crippen LogP contribution in [0.1, 0.15) is 18.2 Å². The molecule has 0 atom stereocenters. The molecule has 2 aromatic carbocycles. The number of benzene rings is 2. The highest BCUT2D eigenvalue weighted by atomic mass is 32.2. The van der Waals surface area contributed by atoms with Gasteiger partial charge in [-0.25, -0.2) is 4.98 Å². The Morgan fingerprint density at radius 2 is 1.84 bits per heavy atom. The predicted octanol–water partition coefficient (Wildman–Crippen LogP) is 4.64. The first-order valence-corrected chi connectivity index (χ1v) is 12.3. The number of pyridine rings is 1. The van der Waals surface area contributed by atoms with Gasteiger partial charge in [0.2, 0.25) is 0 Å². The van der Waals surface area contributed by atoms with E-state index in [1.807, 2.05) is 43.3 Å². The lowest BCUT2D eigenvalue weighted by atomic mass is 10.2. The number of aryl methyl sites for hydroxylation is 1. The van der Waals surface area contributed by atoms with E-state index in [-0.39, 0.29) is 22.5 Å². The van der Waals surface area contributed by atoms with Crippen molar-refractivity contribution >= 4 is 49.8 Å². The Labute approximate surface area is 191 Å². The lowest BCUT2D eigenvalue weighted by Crippen LogP contribution is -2.29. The zero-order valence-electron chi connectivity index (χ0n) is 17.4. The number of hydrogen-bond donors (Lipinski definition) is 0. The molecule has 0 aliphatic carbocycles. The first-order chi connectivity index (χ1) is 15.4. The molecule has 1 amide bonds. The Bertz CT molecular complexity index is 1360. The van der Waals surface area contributed by atoms with Crippen LogP contribution in [0.25, 0.3) is 17.0 Å². The average Bonchev–Trinajstić information content (AvgIpc) is 3.07. The topological polar surface area (TPSA) is 79.7 Å². The number of fused-ring (bicyclic) bond motifs is 1. The molecular weight excluding hydrogens is 442 g/mol. The van der Waals surface area contributed by atoms with Crippen molar-refractivity contribution in [3.8, 4) is 0 Å². The average molecular weight is 464 g/mol. The molecule has 4 rings (SSSR count). The summed E-state index contributed by atoms with van der Waals surface area (Å²) in [7, 11) is -3.97. The third-order valence-corrected chi connectivity index (χ3v) is 7.33. The molecule has 1 fully saturated rings. The molecule has 32 heavy (non-hydrogen) atoms. The Morgan fingerprint density at radius 3 is 2.56 bits per heavy atom. The third kappa shape index (κ3) is 4.51. The highest BCUT2D eigenvalue weighted by molar-refractivity contribution is 8.19. The highest BCUT2D eigenvalue weighted by Gasteiger charge is 2.34. The van der Waals surface area contributed by atoms with Gasteiger partial charge in [0.15, 0.2) is 5.17 Å². The second-order valence-electron chi connectivity index (χ2n) is 7.09.